The second kappa shape index (κ2) is 4.59. The van der Waals surface area contributed by atoms with E-state index in [1.165, 1.54) is 0 Å². The monoisotopic (exact) mass is 296 g/mol. The van der Waals surface area contributed by atoms with Crippen LogP contribution in [0.15, 0.2) is 0 Å². The van der Waals surface area contributed by atoms with Gasteiger partial charge in [-0.15, -0.1) is 0 Å². The minimum absolute atomic E-state index is 0.0394. The van der Waals surface area contributed by atoms with E-state index in [9.17, 15) is 0 Å². The van der Waals surface area contributed by atoms with Crippen LogP contribution < -0.4 is 0 Å². The topological polar surface area (TPSA) is 0 Å². The lowest BCUT2D eigenvalue weighted by Crippen LogP contribution is -2.08. The first-order chi connectivity index (χ1) is 4.63. The van der Waals surface area contributed by atoms with E-state index in [0.717, 1.165) is 0 Å². The maximum Gasteiger partial charge on any atom is 0.0347 e. The average Bonchev–Trinajstić information content (AvgIpc) is 1.56. The van der Waals surface area contributed by atoms with Crippen LogP contribution in [-0.2, 0) is 0 Å². The van der Waals surface area contributed by atoms with Gasteiger partial charge in [-0.2, -0.15) is 0 Å². The van der Waals surface area contributed by atoms with Crippen LogP contribution in [0.2, 0.25) is 0 Å². The lowest BCUT2D eigenvalue weighted by molar-refractivity contribution is 1.13. The van der Waals surface area contributed by atoms with Crippen molar-refractivity contribution in [3.05, 3.63) is 0 Å². The van der Waals surface area contributed by atoms with Crippen molar-refractivity contribution >= 4 is 69.5 Å². The molecule has 1 atom stereocenters. The molecule has 0 aliphatic carbocycles. The summed E-state index contributed by atoms with van der Waals surface area (Å²) in [5.74, 6) is 0.571. The van der Waals surface area contributed by atoms with Crippen molar-refractivity contribution in [3.63, 3.8) is 0 Å². The fourth-order valence-corrected chi connectivity index (χ4v) is 5.72. The SMILES string of the molecule is CC(CS(C)(Cl)Cl)S(Cl)(Cl)Cl. The minimum atomic E-state index is -2.07. The first-order valence-corrected chi connectivity index (χ1v) is 10.7. The second-order valence-electron chi connectivity index (χ2n) is 2.29. The van der Waals surface area contributed by atoms with Crippen LogP contribution in [0.4, 0.5) is 0 Å². The zero-order valence-electron chi connectivity index (χ0n) is 5.99. The van der Waals surface area contributed by atoms with Crippen molar-refractivity contribution in [2.24, 2.45) is 0 Å². The van der Waals surface area contributed by atoms with Crippen molar-refractivity contribution in [3.8, 4) is 0 Å². The predicted molar refractivity (Wildman–Crippen MR) is 64.7 cm³/mol. The Bertz CT molecular complexity index is 125. The summed E-state index contributed by atoms with van der Waals surface area (Å²) >= 11 is 0. The summed E-state index contributed by atoms with van der Waals surface area (Å²) in [5, 5.41) is -0.0394. The summed E-state index contributed by atoms with van der Waals surface area (Å²) < 4.78 is 0. The Balaban J connectivity index is 3.99. The maximum atomic E-state index is 5.82. The molecule has 0 amide bonds. The van der Waals surface area contributed by atoms with Gasteiger partial charge in [0.25, 0.3) is 0 Å². The van der Waals surface area contributed by atoms with Crippen molar-refractivity contribution < 1.29 is 0 Å². The van der Waals surface area contributed by atoms with Crippen molar-refractivity contribution in [2.45, 2.75) is 12.2 Å². The summed E-state index contributed by atoms with van der Waals surface area (Å²) in [6, 6.07) is 0. The number of hydrogen-bond acceptors (Lipinski definition) is 0. The fourth-order valence-electron chi connectivity index (χ4n) is 0.489. The Hall–Kier alpha value is 2.15. The number of halogens is 5. The lowest BCUT2D eigenvalue weighted by Gasteiger charge is -2.29. The maximum absolute atomic E-state index is 5.82. The number of hydrogen-bond donors (Lipinski definition) is 0. The van der Waals surface area contributed by atoms with E-state index in [-0.39, 0.29) is 5.25 Å². The van der Waals surface area contributed by atoms with Crippen LogP contribution in [0.3, 0.4) is 0 Å². The molecule has 0 aromatic heterocycles. The largest absolute Gasteiger partial charge is 0.0861 e. The van der Waals surface area contributed by atoms with Gasteiger partial charge >= 0.3 is 0 Å². The zero-order valence-corrected chi connectivity index (χ0v) is 11.4. The highest BCUT2D eigenvalue weighted by Crippen LogP contribution is 2.70. The third-order valence-corrected chi connectivity index (χ3v) is 6.85. The molecule has 0 bridgehead atoms. The standard InChI is InChI=1S/C4H9Cl5S2/c1-4(11(7,8)9)3-10(2,5)6/h4H,3H2,1-2H3. The molecule has 0 spiro atoms. The van der Waals surface area contributed by atoms with E-state index in [1.807, 2.05) is 6.92 Å². The second-order valence-corrected chi connectivity index (χ2v) is 16.4. The summed E-state index contributed by atoms with van der Waals surface area (Å²) in [6.45, 7) is 1.85. The molecule has 0 aromatic carbocycles. The van der Waals surface area contributed by atoms with Crippen LogP contribution in [0.5, 0.6) is 0 Å². The van der Waals surface area contributed by atoms with Gasteiger partial charge in [0.15, 0.2) is 0 Å². The molecule has 0 saturated heterocycles. The Morgan fingerprint density at radius 2 is 1.45 bits per heavy atom. The van der Waals surface area contributed by atoms with Crippen LogP contribution in [0, 0.1) is 0 Å². The number of rotatable bonds is 3. The third-order valence-electron chi connectivity index (χ3n) is 0.984. The molecule has 0 rings (SSSR count). The summed E-state index contributed by atoms with van der Waals surface area (Å²) in [5.41, 5.74) is 0. The van der Waals surface area contributed by atoms with E-state index in [4.69, 9.17) is 53.4 Å². The molecule has 0 radical (unpaired) electrons. The Kier molecular flexibility index (Phi) is 5.48. The molecule has 0 heterocycles. The molecule has 0 nitrogen and oxygen atoms in total. The van der Waals surface area contributed by atoms with Gasteiger partial charge in [-0.25, -0.2) is 0 Å². The summed E-state index contributed by atoms with van der Waals surface area (Å²) in [7, 11) is 25.1. The van der Waals surface area contributed by atoms with Gasteiger partial charge in [0.1, 0.15) is 0 Å². The van der Waals surface area contributed by atoms with Gasteiger partial charge in [0.05, 0.1) is 0 Å². The predicted octanol–water partition coefficient (Wildman–Crippen LogP) is 5.38. The molecule has 1 unspecified atom stereocenters. The highest BCUT2D eigenvalue weighted by Gasteiger charge is 2.27. The van der Waals surface area contributed by atoms with Crippen LogP contribution in [0.25, 0.3) is 0 Å². The molecular weight excluding hydrogens is 289 g/mol. The minimum Gasteiger partial charge on any atom is -0.0861 e. The van der Waals surface area contributed by atoms with E-state index in [1.54, 1.807) is 6.26 Å². The Morgan fingerprint density at radius 3 is 1.55 bits per heavy atom. The normalized spacial score (nSPS) is 19.5. The van der Waals surface area contributed by atoms with Crippen LogP contribution >= 0.6 is 69.5 Å². The van der Waals surface area contributed by atoms with Crippen LogP contribution in [0.1, 0.15) is 6.92 Å². The molecule has 0 saturated carbocycles. The fraction of sp³-hybridized carbons (Fsp3) is 1.00. The Morgan fingerprint density at radius 1 is 1.09 bits per heavy atom. The van der Waals surface area contributed by atoms with Crippen molar-refractivity contribution in [2.75, 3.05) is 12.0 Å². The third kappa shape index (κ3) is 7.24. The van der Waals surface area contributed by atoms with E-state index in [0.29, 0.717) is 5.75 Å². The molecule has 0 N–H and O–H groups in total. The van der Waals surface area contributed by atoms with Gasteiger partial charge < -0.3 is 0 Å². The molecule has 0 aromatic rings. The summed E-state index contributed by atoms with van der Waals surface area (Å²) in [4.78, 5) is 0. The van der Waals surface area contributed by atoms with E-state index < -0.39 is 16.1 Å². The Labute approximate surface area is 93.0 Å². The van der Waals surface area contributed by atoms with E-state index >= 15 is 0 Å². The molecule has 0 fully saturated rings. The van der Waals surface area contributed by atoms with Gasteiger partial charge in [-0.3, -0.25) is 0 Å². The smallest absolute Gasteiger partial charge is 0.0347 e. The van der Waals surface area contributed by atoms with Gasteiger partial charge in [-0.05, 0) is 46.0 Å². The molecular formula is C4H9Cl5S2. The van der Waals surface area contributed by atoms with Crippen molar-refractivity contribution in [1.29, 1.82) is 0 Å². The van der Waals surface area contributed by atoms with Gasteiger partial charge in [-0.1, -0.05) is 36.7 Å². The quantitative estimate of drug-likeness (QED) is 0.656. The molecule has 0 aliphatic rings. The highest BCUT2D eigenvalue weighted by atomic mass is 36.2. The average molecular weight is 299 g/mol. The molecule has 0 aliphatic heterocycles. The van der Waals surface area contributed by atoms with E-state index in [2.05, 4.69) is 0 Å². The lowest BCUT2D eigenvalue weighted by atomic mass is 10.6. The van der Waals surface area contributed by atoms with Gasteiger partial charge in [0.2, 0.25) is 0 Å². The molecule has 11 heavy (non-hydrogen) atoms. The van der Waals surface area contributed by atoms with Crippen LogP contribution in [-0.4, -0.2) is 17.3 Å². The molecule has 7 heteroatoms. The molecule has 72 valence electrons. The first-order valence-electron chi connectivity index (χ1n) is 2.69. The van der Waals surface area contributed by atoms with Crippen molar-refractivity contribution in [1.82, 2.24) is 0 Å². The summed E-state index contributed by atoms with van der Waals surface area (Å²) in [6.07, 6.45) is 1.77. The van der Waals surface area contributed by atoms with Gasteiger partial charge in [0, 0.05) is 11.0 Å². The first kappa shape index (κ1) is 13.2. The highest BCUT2D eigenvalue weighted by molar-refractivity contribution is 8.79. The zero-order chi connectivity index (χ0) is 9.28.